The minimum Gasteiger partial charge on any atom is -0.336 e. The third-order valence-electron chi connectivity index (χ3n) is 5.41. The van der Waals surface area contributed by atoms with Crippen LogP contribution in [0.2, 0.25) is 0 Å². The molecule has 1 aromatic heterocycles. The third kappa shape index (κ3) is 4.44. The van der Waals surface area contributed by atoms with Crippen LogP contribution in [0.15, 0.2) is 36.7 Å². The number of carbonyl (C=O) groups is 2. The lowest BCUT2D eigenvalue weighted by Crippen LogP contribution is -2.57. The highest BCUT2D eigenvalue weighted by molar-refractivity contribution is 5.94. The summed E-state index contributed by atoms with van der Waals surface area (Å²) >= 11 is 0. The number of aromatic nitrogens is 2. The van der Waals surface area contributed by atoms with Gasteiger partial charge in [0.15, 0.2) is 0 Å². The minimum absolute atomic E-state index is 0. The van der Waals surface area contributed by atoms with E-state index < -0.39 is 4.92 Å². The number of nitrogens with one attached hydrogen (secondary N) is 1. The molecule has 2 amide bonds. The van der Waals surface area contributed by atoms with E-state index in [0.717, 1.165) is 19.4 Å². The number of non-ortho nitro benzene ring substituents is 1. The van der Waals surface area contributed by atoms with Gasteiger partial charge in [-0.15, -0.1) is 12.4 Å². The monoisotopic (exact) mass is 434 g/mol. The van der Waals surface area contributed by atoms with E-state index in [-0.39, 0.29) is 36.0 Å². The number of rotatable bonds is 4. The van der Waals surface area contributed by atoms with Gasteiger partial charge in [0.1, 0.15) is 0 Å². The van der Waals surface area contributed by atoms with Crippen LogP contribution in [0.5, 0.6) is 0 Å². The summed E-state index contributed by atoms with van der Waals surface area (Å²) in [7, 11) is 0. The Hall–Kier alpha value is -2.98. The molecule has 1 atom stereocenters. The summed E-state index contributed by atoms with van der Waals surface area (Å²) in [6.45, 7) is 2.97. The number of halogens is 1. The fourth-order valence-corrected chi connectivity index (χ4v) is 3.88. The van der Waals surface area contributed by atoms with Crippen molar-refractivity contribution >= 4 is 29.9 Å². The normalized spacial score (nSPS) is 19.3. The van der Waals surface area contributed by atoms with Crippen molar-refractivity contribution in [1.29, 1.82) is 0 Å². The first kappa shape index (κ1) is 21.7. The molecule has 1 aromatic carbocycles. The molecule has 10 nitrogen and oxygen atoms in total. The largest absolute Gasteiger partial charge is 0.336 e. The van der Waals surface area contributed by atoms with Crippen molar-refractivity contribution in [3.05, 3.63) is 52.3 Å². The van der Waals surface area contributed by atoms with Crippen molar-refractivity contribution < 1.29 is 14.5 Å². The van der Waals surface area contributed by atoms with Gasteiger partial charge < -0.3 is 15.1 Å². The molecule has 2 saturated heterocycles. The molecule has 3 heterocycles. The third-order valence-corrected chi connectivity index (χ3v) is 5.41. The molecule has 2 aliphatic heterocycles. The van der Waals surface area contributed by atoms with Gasteiger partial charge in [-0.2, -0.15) is 5.10 Å². The summed E-state index contributed by atoms with van der Waals surface area (Å²) in [5, 5.41) is 18.1. The molecule has 2 aromatic rings. The maximum Gasteiger partial charge on any atom is 0.269 e. The van der Waals surface area contributed by atoms with Gasteiger partial charge in [-0.25, -0.2) is 4.68 Å². The van der Waals surface area contributed by atoms with E-state index in [4.69, 9.17) is 0 Å². The quantitative estimate of drug-likeness (QED) is 0.572. The lowest BCUT2D eigenvalue weighted by Gasteiger charge is -2.41. The topological polar surface area (TPSA) is 114 Å². The Kier molecular flexibility index (Phi) is 6.68. The molecule has 1 N–H and O–H groups in total. The van der Waals surface area contributed by atoms with Crippen molar-refractivity contribution in [2.75, 3.05) is 32.7 Å². The first-order valence-electron chi connectivity index (χ1n) is 9.62. The Bertz CT molecular complexity index is 931. The SMILES string of the molecule is Cl.O=C(c1cnn(-c2ccc([N+](=O)[O-])cc2)c1)N1CCCC(N2CCNCC2=O)C1. The Morgan fingerprint density at radius 2 is 2.00 bits per heavy atom. The number of piperidine rings is 1. The molecule has 0 aliphatic carbocycles. The summed E-state index contributed by atoms with van der Waals surface area (Å²) < 4.78 is 1.53. The van der Waals surface area contributed by atoms with Crippen LogP contribution < -0.4 is 5.32 Å². The number of nitro benzene ring substituents is 1. The molecule has 0 bridgehead atoms. The van der Waals surface area contributed by atoms with Crippen LogP contribution in [0.3, 0.4) is 0 Å². The molecule has 160 valence electrons. The highest BCUT2D eigenvalue weighted by Gasteiger charge is 2.32. The van der Waals surface area contributed by atoms with Crippen molar-refractivity contribution in [2.45, 2.75) is 18.9 Å². The average molecular weight is 435 g/mol. The van der Waals surface area contributed by atoms with Gasteiger partial charge in [0.25, 0.3) is 11.6 Å². The molecule has 1 unspecified atom stereocenters. The summed E-state index contributed by atoms with van der Waals surface area (Å²) in [6, 6.07) is 6.03. The number of nitro groups is 1. The van der Waals surface area contributed by atoms with E-state index in [9.17, 15) is 19.7 Å². The second kappa shape index (κ2) is 9.23. The van der Waals surface area contributed by atoms with Crippen molar-refractivity contribution in [3.8, 4) is 5.69 Å². The van der Waals surface area contributed by atoms with Crippen LogP contribution in [-0.2, 0) is 4.79 Å². The number of piperazine rings is 1. The summed E-state index contributed by atoms with van der Waals surface area (Å²) in [5.41, 5.74) is 1.09. The predicted octanol–water partition coefficient (Wildman–Crippen LogP) is 1.24. The maximum atomic E-state index is 13.0. The number of amides is 2. The zero-order chi connectivity index (χ0) is 20.4. The molecule has 4 rings (SSSR count). The number of nitrogens with zero attached hydrogens (tertiary/aromatic N) is 5. The summed E-state index contributed by atoms with van der Waals surface area (Å²) in [6.07, 6.45) is 4.88. The average Bonchev–Trinajstić information content (AvgIpc) is 3.24. The highest BCUT2D eigenvalue weighted by Crippen LogP contribution is 2.20. The summed E-state index contributed by atoms with van der Waals surface area (Å²) in [5.74, 6) is -0.0352. The maximum absolute atomic E-state index is 13.0. The van der Waals surface area contributed by atoms with E-state index in [1.54, 1.807) is 23.2 Å². The lowest BCUT2D eigenvalue weighted by atomic mass is 10.0. The van der Waals surface area contributed by atoms with Gasteiger partial charge in [-0.3, -0.25) is 19.7 Å². The second-order valence-corrected chi connectivity index (χ2v) is 7.26. The van der Waals surface area contributed by atoms with E-state index >= 15 is 0 Å². The summed E-state index contributed by atoms with van der Waals surface area (Å²) in [4.78, 5) is 39.1. The van der Waals surface area contributed by atoms with Crippen LogP contribution >= 0.6 is 12.4 Å². The highest BCUT2D eigenvalue weighted by atomic mass is 35.5. The van der Waals surface area contributed by atoms with Gasteiger partial charge in [-0.1, -0.05) is 0 Å². The van der Waals surface area contributed by atoms with E-state index in [2.05, 4.69) is 10.4 Å². The smallest absolute Gasteiger partial charge is 0.269 e. The van der Waals surface area contributed by atoms with Gasteiger partial charge in [0, 0.05) is 50.6 Å². The van der Waals surface area contributed by atoms with Gasteiger partial charge in [0.2, 0.25) is 5.91 Å². The Labute approximate surface area is 179 Å². The number of carbonyl (C=O) groups excluding carboxylic acids is 2. The van der Waals surface area contributed by atoms with Crippen LogP contribution in [0.4, 0.5) is 5.69 Å². The molecule has 2 aliphatic rings. The second-order valence-electron chi connectivity index (χ2n) is 7.26. The molecule has 0 radical (unpaired) electrons. The van der Waals surface area contributed by atoms with Crippen LogP contribution in [0.1, 0.15) is 23.2 Å². The van der Waals surface area contributed by atoms with Gasteiger partial charge >= 0.3 is 0 Å². The molecule has 0 spiro atoms. The minimum atomic E-state index is -0.461. The van der Waals surface area contributed by atoms with Crippen LogP contribution in [0, 0.1) is 10.1 Å². The fourth-order valence-electron chi connectivity index (χ4n) is 3.88. The lowest BCUT2D eigenvalue weighted by molar-refractivity contribution is -0.384. The number of benzene rings is 1. The van der Waals surface area contributed by atoms with Crippen molar-refractivity contribution in [3.63, 3.8) is 0 Å². The molecule has 0 saturated carbocycles. The van der Waals surface area contributed by atoms with Crippen LogP contribution in [0.25, 0.3) is 5.69 Å². The van der Waals surface area contributed by atoms with E-state index in [1.165, 1.54) is 23.0 Å². The first-order chi connectivity index (χ1) is 14.0. The zero-order valence-electron chi connectivity index (χ0n) is 16.3. The zero-order valence-corrected chi connectivity index (χ0v) is 17.1. The predicted molar refractivity (Wildman–Crippen MR) is 111 cm³/mol. The Morgan fingerprint density at radius 1 is 1.23 bits per heavy atom. The molecule has 11 heteroatoms. The Morgan fingerprint density at radius 3 is 2.70 bits per heavy atom. The Balaban J connectivity index is 0.00000256. The van der Waals surface area contributed by atoms with Gasteiger partial charge in [0.05, 0.1) is 28.9 Å². The van der Waals surface area contributed by atoms with Crippen molar-refractivity contribution in [1.82, 2.24) is 24.9 Å². The molecule has 30 heavy (non-hydrogen) atoms. The van der Waals surface area contributed by atoms with E-state index in [0.29, 0.717) is 37.4 Å². The molecular formula is C19H23ClN6O4. The number of hydrogen-bond donors (Lipinski definition) is 1. The standard InChI is InChI=1S/C19H22N6O4.ClH/c26-18-11-20-7-9-23(18)17-2-1-8-22(13-17)19(27)14-10-21-24(12-14)15-3-5-16(6-4-15)25(28)29;/h3-6,10,12,17,20H,1-2,7-9,11,13H2;1H. The molecule has 2 fully saturated rings. The molecular weight excluding hydrogens is 412 g/mol. The van der Waals surface area contributed by atoms with E-state index in [1.807, 2.05) is 4.90 Å². The first-order valence-corrected chi connectivity index (χ1v) is 9.62. The fraction of sp³-hybridized carbons (Fsp3) is 0.421. The number of likely N-dealkylation sites (tertiary alicyclic amines) is 1. The van der Waals surface area contributed by atoms with Gasteiger partial charge in [-0.05, 0) is 25.0 Å². The van der Waals surface area contributed by atoms with Crippen molar-refractivity contribution in [2.24, 2.45) is 0 Å². The van der Waals surface area contributed by atoms with Crippen LogP contribution in [-0.4, -0.2) is 75.1 Å². The number of hydrogen-bond acceptors (Lipinski definition) is 6.